The molecule has 1 unspecified atom stereocenters. The number of hydrogen-bond donors (Lipinski definition) is 2. The quantitative estimate of drug-likeness (QED) is 0.769. The van der Waals surface area contributed by atoms with Crippen molar-refractivity contribution in [3.63, 3.8) is 0 Å². The van der Waals surface area contributed by atoms with Gasteiger partial charge in [-0.3, -0.25) is 14.9 Å². The summed E-state index contributed by atoms with van der Waals surface area (Å²) >= 11 is 0. The Balaban J connectivity index is 2.29. The van der Waals surface area contributed by atoms with Gasteiger partial charge in [-0.1, -0.05) is 0 Å². The summed E-state index contributed by atoms with van der Waals surface area (Å²) in [7, 11) is 0. The maximum atomic E-state index is 11.8. The highest BCUT2D eigenvalue weighted by molar-refractivity contribution is 5.83. The summed E-state index contributed by atoms with van der Waals surface area (Å²) in [6.07, 6.45) is 2.18. The number of hydrogen-bond acceptors (Lipinski definition) is 3. The van der Waals surface area contributed by atoms with E-state index in [4.69, 9.17) is 0 Å². The lowest BCUT2D eigenvalue weighted by molar-refractivity contribution is -0.129. The van der Waals surface area contributed by atoms with E-state index in [1.54, 1.807) is 6.92 Å². The third kappa shape index (κ3) is 5.04. The summed E-state index contributed by atoms with van der Waals surface area (Å²) in [5.41, 5.74) is -0.244. The molecule has 5 nitrogen and oxygen atoms in total. The van der Waals surface area contributed by atoms with Crippen molar-refractivity contribution >= 4 is 11.8 Å². The molecule has 1 aliphatic rings. The average Bonchev–Trinajstić information content (AvgIpc) is 2.76. The molecule has 0 aromatic carbocycles. The van der Waals surface area contributed by atoms with Crippen molar-refractivity contribution in [1.29, 1.82) is 0 Å². The highest BCUT2D eigenvalue weighted by atomic mass is 16.2. The lowest BCUT2D eigenvalue weighted by atomic mass is 10.1. The fraction of sp³-hybridized carbons (Fsp3) is 0.846. The normalized spacial score (nSPS) is 17.7. The first-order valence-corrected chi connectivity index (χ1v) is 6.63. The van der Waals surface area contributed by atoms with Gasteiger partial charge in [-0.15, -0.1) is 0 Å². The Morgan fingerprint density at radius 1 is 1.22 bits per heavy atom. The molecule has 0 bridgehead atoms. The predicted octanol–water partition coefficient (Wildman–Crippen LogP) is 0.502. The molecule has 2 N–H and O–H groups in total. The molecule has 1 atom stereocenters. The van der Waals surface area contributed by atoms with E-state index in [-0.39, 0.29) is 29.9 Å². The molecule has 0 aromatic rings. The number of carbonyl (C=O) groups is 2. The van der Waals surface area contributed by atoms with E-state index in [0.29, 0.717) is 0 Å². The molecule has 2 amide bonds. The molecule has 0 aliphatic carbocycles. The van der Waals surface area contributed by atoms with Crippen LogP contribution in [-0.4, -0.2) is 47.9 Å². The first-order chi connectivity index (χ1) is 8.29. The molecule has 0 spiro atoms. The lowest BCUT2D eigenvalue weighted by Crippen LogP contribution is -2.51. The number of rotatable bonds is 4. The minimum absolute atomic E-state index is 0.0725. The molecule has 104 valence electrons. The first-order valence-electron chi connectivity index (χ1n) is 6.63. The summed E-state index contributed by atoms with van der Waals surface area (Å²) in [6, 6.07) is -0.351. The van der Waals surface area contributed by atoms with E-state index >= 15 is 0 Å². The summed E-state index contributed by atoms with van der Waals surface area (Å²) in [5, 5.41) is 5.86. The van der Waals surface area contributed by atoms with Gasteiger partial charge in [0, 0.05) is 18.6 Å². The van der Waals surface area contributed by atoms with E-state index in [1.807, 2.05) is 25.7 Å². The summed E-state index contributed by atoms with van der Waals surface area (Å²) in [4.78, 5) is 25.4. The van der Waals surface area contributed by atoms with Crippen LogP contribution in [0.1, 0.15) is 40.5 Å². The van der Waals surface area contributed by atoms with Gasteiger partial charge < -0.3 is 10.2 Å². The number of nitrogens with zero attached hydrogens (tertiary/aromatic N) is 1. The van der Waals surface area contributed by atoms with Gasteiger partial charge in [0.05, 0.1) is 12.6 Å². The molecule has 18 heavy (non-hydrogen) atoms. The molecular formula is C13H25N3O2. The van der Waals surface area contributed by atoms with Gasteiger partial charge >= 0.3 is 0 Å². The number of amides is 2. The Morgan fingerprint density at radius 2 is 1.78 bits per heavy atom. The molecule has 0 radical (unpaired) electrons. The maximum Gasteiger partial charge on any atom is 0.237 e. The SMILES string of the molecule is CC(NCC(=O)N1CCCC1)C(=O)NC(C)(C)C. The monoisotopic (exact) mass is 255 g/mol. The van der Waals surface area contributed by atoms with Crippen LogP contribution in [0.4, 0.5) is 0 Å². The Kier molecular flexibility index (Phi) is 5.14. The minimum Gasteiger partial charge on any atom is -0.350 e. The zero-order chi connectivity index (χ0) is 13.8. The van der Waals surface area contributed by atoms with Crippen LogP contribution in [0.2, 0.25) is 0 Å². The fourth-order valence-electron chi connectivity index (χ4n) is 1.89. The van der Waals surface area contributed by atoms with E-state index in [9.17, 15) is 9.59 Å². The Hall–Kier alpha value is -1.10. The van der Waals surface area contributed by atoms with Crippen molar-refractivity contribution in [3.05, 3.63) is 0 Å². The van der Waals surface area contributed by atoms with E-state index in [1.165, 1.54) is 0 Å². The van der Waals surface area contributed by atoms with Gasteiger partial charge in [0.15, 0.2) is 0 Å². The van der Waals surface area contributed by atoms with Gasteiger partial charge in [-0.05, 0) is 40.5 Å². The highest BCUT2D eigenvalue weighted by Crippen LogP contribution is 2.06. The van der Waals surface area contributed by atoms with E-state index in [0.717, 1.165) is 25.9 Å². The van der Waals surface area contributed by atoms with Crippen LogP contribution in [-0.2, 0) is 9.59 Å². The molecule has 1 rings (SSSR count). The van der Waals surface area contributed by atoms with Crippen LogP contribution in [0.3, 0.4) is 0 Å². The van der Waals surface area contributed by atoms with Gasteiger partial charge in [-0.2, -0.15) is 0 Å². The highest BCUT2D eigenvalue weighted by Gasteiger charge is 2.21. The second-order valence-electron chi connectivity index (χ2n) is 5.93. The molecule has 0 aromatic heterocycles. The second-order valence-corrected chi connectivity index (χ2v) is 5.93. The first kappa shape index (κ1) is 15.0. The van der Waals surface area contributed by atoms with E-state index < -0.39 is 0 Å². The molecule has 0 saturated carbocycles. The third-order valence-corrected chi connectivity index (χ3v) is 2.91. The zero-order valence-corrected chi connectivity index (χ0v) is 11.9. The second kappa shape index (κ2) is 6.18. The zero-order valence-electron chi connectivity index (χ0n) is 11.9. The molecule has 1 saturated heterocycles. The van der Waals surface area contributed by atoms with Gasteiger partial charge in [-0.25, -0.2) is 0 Å². The topological polar surface area (TPSA) is 61.4 Å². The predicted molar refractivity (Wildman–Crippen MR) is 71.2 cm³/mol. The molecular weight excluding hydrogens is 230 g/mol. The van der Waals surface area contributed by atoms with Crippen molar-refractivity contribution in [3.8, 4) is 0 Å². The largest absolute Gasteiger partial charge is 0.350 e. The van der Waals surface area contributed by atoms with Crippen molar-refractivity contribution in [2.75, 3.05) is 19.6 Å². The number of carbonyl (C=O) groups excluding carboxylic acids is 2. The van der Waals surface area contributed by atoms with Crippen molar-refractivity contribution in [1.82, 2.24) is 15.5 Å². The Morgan fingerprint density at radius 3 is 2.28 bits per heavy atom. The van der Waals surface area contributed by atoms with Crippen LogP contribution in [0.15, 0.2) is 0 Å². The van der Waals surface area contributed by atoms with Crippen LogP contribution in [0, 0.1) is 0 Å². The number of nitrogens with one attached hydrogen (secondary N) is 2. The Bertz CT molecular complexity index is 304. The molecule has 1 aliphatic heterocycles. The summed E-state index contributed by atoms with van der Waals surface area (Å²) < 4.78 is 0. The lowest BCUT2D eigenvalue weighted by Gasteiger charge is -2.24. The van der Waals surface area contributed by atoms with Crippen molar-refractivity contribution < 1.29 is 9.59 Å². The summed E-state index contributed by atoms with van der Waals surface area (Å²) in [6.45, 7) is 9.52. The van der Waals surface area contributed by atoms with Gasteiger partial charge in [0.2, 0.25) is 11.8 Å². The number of likely N-dealkylation sites (tertiary alicyclic amines) is 1. The summed E-state index contributed by atoms with van der Waals surface area (Å²) in [5.74, 6) is 0.0135. The van der Waals surface area contributed by atoms with Crippen LogP contribution in [0.25, 0.3) is 0 Å². The van der Waals surface area contributed by atoms with E-state index in [2.05, 4.69) is 10.6 Å². The van der Waals surface area contributed by atoms with Crippen molar-refractivity contribution in [2.45, 2.75) is 52.1 Å². The van der Waals surface area contributed by atoms with Crippen LogP contribution < -0.4 is 10.6 Å². The fourth-order valence-corrected chi connectivity index (χ4v) is 1.89. The van der Waals surface area contributed by atoms with Gasteiger partial charge in [0.25, 0.3) is 0 Å². The van der Waals surface area contributed by atoms with Crippen LogP contribution in [0.5, 0.6) is 0 Å². The maximum absolute atomic E-state index is 11.8. The van der Waals surface area contributed by atoms with Crippen LogP contribution >= 0.6 is 0 Å². The molecule has 1 fully saturated rings. The molecule has 5 heteroatoms. The smallest absolute Gasteiger partial charge is 0.237 e. The molecule has 1 heterocycles. The van der Waals surface area contributed by atoms with Gasteiger partial charge in [0.1, 0.15) is 0 Å². The average molecular weight is 255 g/mol. The van der Waals surface area contributed by atoms with Crippen molar-refractivity contribution in [2.24, 2.45) is 0 Å². The minimum atomic E-state index is -0.351. The standard InChI is InChI=1S/C13H25N3O2/c1-10(12(18)15-13(2,3)4)14-9-11(17)16-7-5-6-8-16/h10,14H,5-9H2,1-4H3,(H,15,18). The Labute approximate surface area is 109 Å². The third-order valence-electron chi connectivity index (χ3n) is 2.91.